The van der Waals surface area contributed by atoms with Crippen molar-refractivity contribution in [3.8, 4) is 0 Å². The molecular formula is C10H10N2O. The number of benzene rings is 1. The molecule has 0 saturated carbocycles. The quantitative estimate of drug-likeness (QED) is 0.603. The van der Waals surface area contributed by atoms with Gasteiger partial charge in [0.05, 0.1) is 0 Å². The number of amides is 1. The van der Waals surface area contributed by atoms with Crippen LogP contribution in [0.15, 0.2) is 17.1 Å². The van der Waals surface area contributed by atoms with Crippen LogP contribution >= 0.6 is 0 Å². The summed E-state index contributed by atoms with van der Waals surface area (Å²) < 4.78 is 0. The van der Waals surface area contributed by atoms with Crippen LogP contribution in [-0.4, -0.2) is 12.1 Å². The molecule has 1 aromatic carbocycles. The summed E-state index contributed by atoms with van der Waals surface area (Å²) in [6.07, 6.45) is 2.27. The highest BCUT2D eigenvalue weighted by molar-refractivity contribution is 6.04. The summed E-state index contributed by atoms with van der Waals surface area (Å²) >= 11 is 0. The third-order valence-electron chi connectivity index (χ3n) is 2.31. The molecule has 0 fully saturated rings. The maximum atomic E-state index is 11.3. The Morgan fingerprint density at radius 2 is 2.23 bits per heavy atom. The van der Waals surface area contributed by atoms with Gasteiger partial charge in [-0.05, 0) is 24.1 Å². The van der Waals surface area contributed by atoms with Crippen molar-refractivity contribution in [1.29, 1.82) is 0 Å². The third kappa shape index (κ3) is 1.13. The van der Waals surface area contributed by atoms with E-state index in [4.69, 9.17) is 5.73 Å². The van der Waals surface area contributed by atoms with Crippen LogP contribution in [0.25, 0.3) is 0 Å². The fourth-order valence-corrected chi connectivity index (χ4v) is 1.49. The van der Waals surface area contributed by atoms with E-state index in [1.807, 2.05) is 13.0 Å². The number of hydrogen-bond donors (Lipinski definition) is 1. The Morgan fingerprint density at radius 3 is 3.00 bits per heavy atom. The van der Waals surface area contributed by atoms with Gasteiger partial charge in [-0.2, -0.15) is 0 Å². The van der Waals surface area contributed by atoms with Gasteiger partial charge < -0.3 is 5.73 Å². The maximum Gasteiger partial charge on any atom is 0.277 e. The molecular weight excluding hydrogens is 164 g/mol. The first-order chi connectivity index (χ1) is 6.20. The normalized spacial score (nSPS) is 14.4. The lowest BCUT2D eigenvalue weighted by Gasteiger charge is -2.13. The largest absolute Gasteiger partial charge is 0.398 e. The Balaban J connectivity index is 2.67. The lowest BCUT2D eigenvalue weighted by molar-refractivity contribution is 0.100. The Kier molecular flexibility index (Phi) is 1.65. The van der Waals surface area contributed by atoms with E-state index in [1.165, 1.54) is 0 Å². The van der Waals surface area contributed by atoms with Gasteiger partial charge in [0.1, 0.15) is 0 Å². The van der Waals surface area contributed by atoms with Gasteiger partial charge in [0, 0.05) is 23.9 Å². The van der Waals surface area contributed by atoms with Gasteiger partial charge in [0.25, 0.3) is 5.91 Å². The van der Waals surface area contributed by atoms with Gasteiger partial charge in [0.2, 0.25) is 0 Å². The second-order valence-corrected chi connectivity index (χ2v) is 3.14. The van der Waals surface area contributed by atoms with Crippen molar-refractivity contribution < 1.29 is 4.79 Å². The molecule has 1 heterocycles. The van der Waals surface area contributed by atoms with Crippen LogP contribution < -0.4 is 5.73 Å². The number of nitrogens with zero attached hydrogens (tertiary/aromatic N) is 1. The summed E-state index contributed by atoms with van der Waals surface area (Å²) in [5.41, 5.74) is 9.15. The predicted molar refractivity (Wildman–Crippen MR) is 52.1 cm³/mol. The first-order valence-electron chi connectivity index (χ1n) is 4.15. The van der Waals surface area contributed by atoms with Crippen LogP contribution in [0.1, 0.15) is 21.5 Å². The topological polar surface area (TPSA) is 55.4 Å². The molecule has 0 radical (unpaired) electrons. The number of carbonyl (C=O) groups excluding carboxylic acids is 1. The number of aliphatic imine (C=N–C) groups is 1. The molecule has 3 heteroatoms. The number of rotatable bonds is 0. The molecule has 0 atom stereocenters. The summed E-state index contributed by atoms with van der Waals surface area (Å²) in [7, 11) is 0. The number of aryl methyl sites for hydroxylation is 1. The number of carbonyl (C=O) groups is 1. The van der Waals surface area contributed by atoms with Crippen molar-refractivity contribution in [3.05, 3.63) is 28.8 Å². The van der Waals surface area contributed by atoms with E-state index in [9.17, 15) is 4.79 Å². The molecule has 66 valence electrons. The highest BCUT2D eigenvalue weighted by Gasteiger charge is 2.16. The van der Waals surface area contributed by atoms with E-state index >= 15 is 0 Å². The van der Waals surface area contributed by atoms with Gasteiger partial charge in [-0.1, -0.05) is 6.07 Å². The zero-order valence-corrected chi connectivity index (χ0v) is 7.37. The number of nitrogen functional groups attached to an aromatic ring is 1. The van der Waals surface area contributed by atoms with Crippen molar-refractivity contribution in [2.75, 3.05) is 5.73 Å². The number of fused-ring (bicyclic) bond motifs is 1. The van der Waals surface area contributed by atoms with Crippen molar-refractivity contribution in [1.82, 2.24) is 0 Å². The predicted octanol–water partition coefficient (Wildman–Crippen LogP) is 1.34. The Bertz CT molecular complexity index is 408. The molecule has 3 nitrogen and oxygen atoms in total. The van der Waals surface area contributed by atoms with Crippen LogP contribution in [0.4, 0.5) is 5.69 Å². The summed E-state index contributed by atoms with van der Waals surface area (Å²) in [6, 6.07) is 3.65. The second-order valence-electron chi connectivity index (χ2n) is 3.14. The minimum absolute atomic E-state index is 0.187. The molecule has 0 saturated heterocycles. The fraction of sp³-hybridized carbons (Fsp3) is 0.200. The minimum Gasteiger partial charge on any atom is -0.398 e. The average molecular weight is 174 g/mol. The number of nitrogens with two attached hydrogens (primary N) is 1. The van der Waals surface area contributed by atoms with E-state index in [-0.39, 0.29) is 5.91 Å². The highest BCUT2D eigenvalue weighted by atomic mass is 16.1. The highest BCUT2D eigenvalue weighted by Crippen LogP contribution is 2.24. The SMILES string of the molecule is Cc1ccc2c(c1N)CC=NC2=O. The number of anilines is 1. The molecule has 0 bridgehead atoms. The minimum atomic E-state index is -0.187. The molecule has 0 aromatic heterocycles. The van der Waals surface area contributed by atoms with E-state index in [1.54, 1.807) is 12.3 Å². The van der Waals surface area contributed by atoms with Crippen LogP contribution in [-0.2, 0) is 6.42 Å². The van der Waals surface area contributed by atoms with Crippen molar-refractivity contribution >= 4 is 17.8 Å². The molecule has 1 aliphatic rings. The molecule has 1 aliphatic heterocycles. The van der Waals surface area contributed by atoms with Crippen LogP contribution in [0.3, 0.4) is 0 Å². The molecule has 2 rings (SSSR count). The Hall–Kier alpha value is -1.64. The van der Waals surface area contributed by atoms with Gasteiger partial charge >= 0.3 is 0 Å². The standard InChI is InChI=1S/C10H10N2O/c1-6-2-3-8-7(9(6)11)4-5-12-10(8)13/h2-3,5H,4,11H2,1H3. The number of hydrogen-bond acceptors (Lipinski definition) is 2. The molecule has 0 unspecified atom stereocenters. The maximum absolute atomic E-state index is 11.3. The summed E-state index contributed by atoms with van der Waals surface area (Å²) in [5, 5.41) is 0. The molecule has 13 heavy (non-hydrogen) atoms. The van der Waals surface area contributed by atoms with E-state index < -0.39 is 0 Å². The zero-order valence-electron chi connectivity index (χ0n) is 7.37. The van der Waals surface area contributed by atoms with Gasteiger partial charge in [-0.25, -0.2) is 4.99 Å². The summed E-state index contributed by atoms with van der Waals surface area (Å²) in [6.45, 7) is 1.94. The Morgan fingerprint density at radius 1 is 1.46 bits per heavy atom. The first kappa shape index (κ1) is 7.98. The van der Waals surface area contributed by atoms with Crippen LogP contribution in [0.5, 0.6) is 0 Å². The van der Waals surface area contributed by atoms with E-state index in [0.717, 1.165) is 16.8 Å². The second kappa shape index (κ2) is 2.69. The molecule has 2 N–H and O–H groups in total. The van der Waals surface area contributed by atoms with Gasteiger partial charge in [-0.3, -0.25) is 4.79 Å². The summed E-state index contributed by atoms with van der Waals surface area (Å²) in [4.78, 5) is 15.0. The van der Waals surface area contributed by atoms with Gasteiger partial charge in [0.15, 0.2) is 0 Å². The molecule has 1 amide bonds. The smallest absolute Gasteiger partial charge is 0.277 e. The third-order valence-corrected chi connectivity index (χ3v) is 2.31. The molecule has 1 aromatic rings. The van der Waals surface area contributed by atoms with Gasteiger partial charge in [-0.15, -0.1) is 0 Å². The van der Waals surface area contributed by atoms with E-state index in [2.05, 4.69) is 4.99 Å². The summed E-state index contributed by atoms with van der Waals surface area (Å²) in [5.74, 6) is -0.187. The van der Waals surface area contributed by atoms with Crippen molar-refractivity contribution in [2.45, 2.75) is 13.3 Å². The first-order valence-corrected chi connectivity index (χ1v) is 4.15. The molecule has 0 spiro atoms. The van der Waals surface area contributed by atoms with Crippen molar-refractivity contribution in [2.24, 2.45) is 4.99 Å². The Labute approximate surface area is 76.3 Å². The zero-order chi connectivity index (χ0) is 9.42. The van der Waals surface area contributed by atoms with E-state index in [0.29, 0.717) is 12.0 Å². The lowest BCUT2D eigenvalue weighted by Crippen LogP contribution is -2.11. The van der Waals surface area contributed by atoms with Crippen LogP contribution in [0, 0.1) is 6.92 Å². The monoisotopic (exact) mass is 174 g/mol. The average Bonchev–Trinajstić information content (AvgIpc) is 2.12. The molecule has 0 aliphatic carbocycles. The fourth-order valence-electron chi connectivity index (χ4n) is 1.49. The van der Waals surface area contributed by atoms with Crippen molar-refractivity contribution in [3.63, 3.8) is 0 Å². The lowest BCUT2D eigenvalue weighted by atomic mass is 9.97. The van der Waals surface area contributed by atoms with Crippen LogP contribution in [0.2, 0.25) is 0 Å².